The van der Waals surface area contributed by atoms with Crippen LogP contribution in [0.15, 0.2) is 40.0 Å². The number of anilines is 2. The summed E-state index contributed by atoms with van der Waals surface area (Å²) < 4.78 is 2.26. The maximum Gasteiger partial charge on any atom is 0.270 e. The smallest absolute Gasteiger partial charge is 0.270 e. The minimum atomic E-state index is -0.283. The molecule has 0 radical (unpaired) electrons. The van der Waals surface area contributed by atoms with Crippen molar-refractivity contribution in [3.05, 3.63) is 62.3 Å². The third-order valence-corrected chi connectivity index (χ3v) is 8.88. The fraction of sp³-hybridized carbons (Fsp3) is 0.467. The number of hydrogen-bond donors (Lipinski definition) is 0. The van der Waals surface area contributed by atoms with Crippen LogP contribution in [-0.2, 0) is 11.3 Å². The highest BCUT2D eigenvalue weighted by atomic mass is 32.2. The number of aromatic nitrogens is 1. The van der Waals surface area contributed by atoms with Crippen LogP contribution in [0, 0.1) is 18.3 Å². The van der Waals surface area contributed by atoms with E-state index < -0.39 is 0 Å². The Morgan fingerprint density at radius 3 is 2.31 bits per heavy atom. The van der Waals surface area contributed by atoms with Gasteiger partial charge in [-0.25, -0.2) is 0 Å². The molecule has 0 aliphatic carbocycles. The monoisotopic (exact) mass is 563 g/mol. The van der Waals surface area contributed by atoms with Gasteiger partial charge in [-0.2, -0.15) is 5.26 Å². The van der Waals surface area contributed by atoms with Crippen LogP contribution >= 0.6 is 24.0 Å². The first-order valence-corrected chi connectivity index (χ1v) is 15.1. The van der Waals surface area contributed by atoms with E-state index in [0.29, 0.717) is 27.9 Å². The quantitative estimate of drug-likeness (QED) is 0.213. The van der Waals surface area contributed by atoms with Crippen molar-refractivity contribution in [3.8, 4) is 6.07 Å². The van der Waals surface area contributed by atoms with Crippen molar-refractivity contribution in [2.45, 2.75) is 59.4 Å². The molecule has 0 spiro atoms. The molecule has 1 aromatic heterocycles. The summed E-state index contributed by atoms with van der Waals surface area (Å²) in [5.41, 5.74) is 2.39. The van der Waals surface area contributed by atoms with Crippen molar-refractivity contribution in [2.75, 3.05) is 42.5 Å². The molecule has 2 aliphatic heterocycles. The van der Waals surface area contributed by atoms with E-state index in [1.165, 1.54) is 30.3 Å². The molecule has 0 N–H and O–H groups in total. The standard InChI is InChI=1S/C30H37N5O2S2/c1-4-6-7-8-12-15-35-29(37)26(39-30(35)38)20-24-22(3)25(21-31)28(36)34(5-2)27(24)33-18-16-32(17-19-33)23-13-10-9-11-14-23/h9-11,13-14,20H,4-8,12,15-19H2,1-3H3. The second-order valence-electron chi connectivity index (χ2n) is 9.96. The highest BCUT2D eigenvalue weighted by molar-refractivity contribution is 8.26. The summed E-state index contributed by atoms with van der Waals surface area (Å²) in [5, 5.41) is 9.86. The molecule has 2 aliphatic rings. The molecule has 0 saturated carbocycles. The highest BCUT2D eigenvalue weighted by Gasteiger charge is 2.33. The number of thiocarbonyl (C=S) groups is 1. The Balaban J connectivity index is 1.66. The molecule has 2 aromatic rings. The summed E-state index contributed by atoms with van der Waals surface area (Å²) in [4.78, 5) is 33.6. The van der Waals surface area contributed by atoms with E-state index in [4.69, 9.17) is 12.2 Å². The normalized spacial score (nSPS) is 16.9. The van der Waals surface area contributed by atoms with Crippen molar-refractivity contribution in [1.29, 1.82) is 5.26 Å². The largest absolute Gasteiger partial charge is 0.368 e. The molecule has 7 nitrogen and oxygen atoms in total. The molecule has 1 amide bonds. The lowest BCUT2D eigenvalue weighted by atomic mass is 10.0. The van der Waals surface area contributed by atoms with Crippen LogP contribution in [0.25, 0.3) is 6.08 Å². The van der Waals surface area contributed by atoms with Crippen molar-refractivity contribution in [1.82, 2.24) is 9.47 Å². The lowest BCUT2D eigenvalue weighted by molar-refractivity contribution is -0.122. The van der Waals surface area contributed by atoms with Crippen LogP contribution in [-0.4, -0.2) is 52.4 Å². The topological polar surface area (TPSA) is 72.6 Å². The molecule has 206 valence electrons. The first-order chi connectivity index (χ1) is 18.9. The number of hydrogen-bond acceptors (Lipinski definition) is 7. The minimum Gasteiger partial charge on any atom is -0.368 e. The maximum absolute atomic E-state index is 13.4. The van der Waals surface area contributed by atoms with Crippen LogP contribution in [0.4, 0.5) is 11.5 Å². The van der Waals surface area contributed by atoms with Gasteiger partial charge in [-0.3, -0.25) is 19.1 Å². The van der Waals surface area contributed by atoms with Gasteiger partial charge >= 0.3 is 0 Å². The van der Waals surface area contributed by atoms with Gasteiger partial charge in [-0.05, 0) is 44.0 Å². The van der Waals surface area contributed by atoms with Crippen LogP contribution in [0.3, 0.4) is 0 Å². The van der Waals surface area contributed by atoms with Gasteiger partial charge < -0.3 is 9.80 Å². The Bertz CT molecular complexity index is 1340. The van der Waals surface area contributed by atoms with Gasteiger partial charge in [-0.15, -0.1) is 0 Å². The molecule has 39 heavy (non-hydrogen) atoms. The lowest BCUT2D eigenvalue weighted by Gasteiger charge is -2.39. The van der Waals surface area contributed by atoms with Gasteiger partial charge in [-0.1, -0.05) is 74.8 Å². The van der Waals surface area contributed by atoms with Gasteiger partial charge in [0.15, 0.2) is 0 Å². The summed E-state index contributed by atoms with van der Waals surface area (Å²) in [6, 6.07) is 12.4. The second kappa shape index (κ2) is 13.3. The molecule has 2 saturated heterocycles. The van der Waals surface area contributed by atoms with Gasteiger partial charge in [0.2, 0.25) is 0 Å². The summed E-state index contributed by atoms with van der Waals surface area (Å²) in [7, 11) is 0. The first kappa shape index (κ1) is 28.9. The van der Waals surface area contributed by atoms with Gasteiger partial charge in [0.05, 0.1) is 4.91 Å². The number of benzene rings is 1. The number of piperazine rings is 1. The Kier molecular flexibility index (Phi) is 9.87. The summed E-state index contributed by atoms with van der Waals surface area (Å²) in [5.74, 6) is 0.684. The van der Waals surface area contributed by atoms with Crippen molar-refractivity contribution >= 4 is 51.8 Å². The molecule has 4 rings (SSSR count). The molecule has 3 heterocycles. The number of carbonyl (C=O) groups is 1. The zero-order chi connectivity index (χ0) is 27.9. The van der Waals surface area contributed by atoms with E-state index in [9.17, 15) is 14.9 Å². The summed E-state index contributed by atoms with van der Waals surface area (Å²) >= 11 is 6.89. The molecule has 1 aromatic carbocycles. The van der Waals surface area contributed by atoms with E-state index >= 15 is 0 Å². The molecular weight excluding hydrogens is 526 g/mol. The van der Waals surface area contributed by atoms with Gasteiger partial charge in [0.25, 0.3) is 11.5 Å². The Morgan fingerprint density at radius 2 is 1.67 bits per heavy atom. The minimum absolute atomic E-state index is 0.0903. The predicted octanol–water partition coefficient (Wildman–Crippen LogP) is 5.55. The molecule has 2 fully saturated rings. The van der Waals surface area contributed by atoms with Gasteiger partial charge in [0, 0.05) is 50.5 Å². The maximum atomic E-state index is 13.4. The average Bonchev–Trinajstić information content (AvgIpc) is 3.22. The summed E-state index contributed by atoms with van der Waals surface area (Å²) in [6.07, 6.45) is 7.41. The third kappa shape index (κ3) is 6.23. The Labute approximate surface area is 241 Å². The fourth-order valence-corrected chi connectivity index (χ4v) is 6.58. The Morgan fingerprint density at radius 1 is 1.00 bits per heavy atom. The number of nitrogens with zero attached hydrogens (tertiary/aromatic N) is 5. The van der Waals surface area contributed by atoms with E-state index in [0.717, 1.165) is 56.8 Å². The highest BCUT2D eigenvalue weighted by Crippen LogP contribution is 2.36. The van der Waals surface area contributed by atoms with Crippen molar-refractivity contribution in [2.24, 2.45) is 0 Å². The van der Waals surface area contributed by atoms with E-state index in [1.54, 1.807) is 9.47 Å². The van der Waals surface area contributed by atoms with Gasteiger partial charge in [0.1, 0.15) is 21.8 Å². The number of carbonyl (C=O) groups excluding carboxylic acids is 1. The number of para-hydroxylation sites is 1. The van der Waals surface area contributed by atoms with Crippen LogP contribution in [0.2, 0.25) is 0 Å². The van der Waals surface area contributed by atoms with Crippen LogP contribution in [0.5, 0.6) is 0 Å². The van der Waals surface area contributed by atoms with Crippen LogP contribution in [0.1, 0.15) is 62.6 Å². The average molecular weight is 564 g/mol. The van der Waals surface area contributed by atoms with E-state index in [2.05, 4.69) is 34.9 Å². The molecule has 0 unspecified atom stereocenters. The molecule has 0 atom stereocenters. The summed E-state index contributed by atoms with van der Waals surface area (Å²) in [6.45, 7) is 10.0. The fourth-order valence-electron chi connectivity index (χ4n) is 5.29. The molecular formula is C30H37N5O2S2. The zero-order valence-electron chi connectivity index (χ0n) is 23.1. The lowest BCUT2D eigenvalue weighted by Crippen LogP contribution is -2.48. The number of unbranched alkanes of at least 4 members (excludes halogenated alkanes) is 4. The molecule has 0 bridgehead atoms. The molecule has 9 heteroatoms. The first-order valence-electron chi connectivity index (χ1n) is 13.9. The SMILES string of the molecule is CCCCCCCN1C(=O)C(=Cc2c(C)c(C#N)c(=O)n(CC)c2N2CCN(c3ccccc3)CC2)SC1=S. The number of rotatable bonds is 10. The number of amides is 1. The zero-order valence-corrected chi connectivity index (χ0v) is 24.7. The number of thioether (sulfide) groups is 1. The third-order valence-electron chi connectivity index (χ3n) is 7.50. The number of nitriles is 1. The van der Waals surface area contributed by atoms with Crippen LogP contribution < -0.4 is 15.4 Å². The Hall–Kier alpha value is -3.09. The number of pyridine rings is 1. The predicted molar refractivity (Wildman–Crippen MR) is 165 cm³/mol. The second-order valence-corrected chi connectivity index (χ2v) is 11.6. The van der Waals surface area contributed by atoms with E-state index in [1.807, 2.05) is 38.1 Å². The van der Waals surface area contributed by atoms with Crippen molar-refractivity contribution in [3.63, 3.8) is 0 Å². The van der Waals surface area contributed by atoms with E-state index in [-0.39, 0.29) is 17.0 Å². The van der Waals surface area contributed by atoms with Crippen molar-refractivity contribution < 1.29 is 4.79 Å².